The summed E-state index contributed by atoms with van der Waals surface area (Å²) in [5.74, 6) is -0.885. The third kappa shape index (κ3) is 5.33. The molecule has 0 heterocycles. The standard InChI is InChI=1S/C16H22F3NO2/c1-11(20-9-8-15(2,3)14(21)22)10-12-6-4-5-7-13(12)16(17,18)19/h4-7,11,20H,8-10H2,1-3H3,(H,21,22). The van der Waals surface area contributed by atoms with Crippen LogP contribution in [-0.2, 0) is 17.4 Å². The van der Waals surface area contributed by atoms with Gasteiger partial charge in [-0.2, -0.15) is 13.2 Å². The quantitative estimate of drug-likeness (QED) is 0.805. The number of hydrogen-bond donors (Lipinski definition) is 2. The molecule has 0 radical (unpaired) electrons. The number of halogens is 3. The second-order valence-corrected chi connectivity index (χ2v) is 6.15. The molecule has 1 atom stereocenters. The van der Waals surface area contributed by atoms with E-state index < -0.39 is 23.1 Å². The summed E-state index contributed by atoms with van der Waals surface area (Å²) in [7, 11) is 0. The summed E-state index contributed by atoms with van der Waals surface area (Å²) in [6, 6.07) is 5.34. The normalized spacial score (nSPS) is 13.9. The number of hydrogen-bond acceptors (Lipinski definition) is 2. The van der Waals surface area contributed by atoms with Crippen LogP contribution >= 0.6 is 0 Å². The van der Waals surface area contributed by atoms with Crippen LogP contribution in [0, 0.1) is 5.41 Å². The van der Waals surface area contributed by atoms with E-state index in [1.165, 1.54) is 12.1 Å². The molecule has 0 spiro atoms. The van der Waals surface area contributed by atoms with Crippen molar-refractivity contribution < 1.29 is 23.1 Å². The van der Waals surface area contributed by atoms with Crippen molar-refractivity contribution in [2.45, 2.75) is 45.8 Å². The zero-order valence-corrected chi connectivity index (χ0v) is 13.0. The van der Waals surface area contributed by atoms with Crippen LogP contribution in [0.25, 0.3) is 0 Å². The number of nitrogens with one attached hydrogen (secondary N) is 1. The molecular weight excluding hydrogens is 295 g/mol. The van der Waals surface area contributed by atoms with Gasteiger partial charge in [-0.1, -0.05) is 18.2 Å². The molecule has 0 aromatic heterocycles. The Morgan fingerprint density at radius 2 is 1.86 bits per heavy atom. The van der Waals surface area contributed by atoms with Gasteiger partial charge >= 0.3 is 12.1 Å². The van der Waals surface area contributed by atoms with Crippen LogP contribution in [0.1, 0.15) is 38.3 Å². The van der Waals surface area contributed by atoms with Crippen molar-refractivity contribution in [3.8, 4) is 0 Å². The lowest BCUT2D eigenvalue weighted by molar-refractivity contribution is -0.147. The van der Waals surface area contributed by atoms with E-state index in [0.717, 1.165) is 6.07 Å². The monoisotopic (exact) mass is 317 g/mol. The maximum Gasteiger partial charge on any atom is 0.416 e. The van der Waals surface area contributed by atoms with E-state index in [2.05, 4.69) is 5.32 Å². The Balaban J connectivity index is 2.60. The Hall–Kier alpha value is -1.56. The predicted octanol–water partition coefficient (Wildman–Crippen LogP) is 3.73. The number of benzene rings is 1. The Morgan fingerprint density at radius 3 is 2.41 bits per heavy atom. The van der Waals surface area contributed by atoms with Gasteiger partial charge in [-0.05, 0) is 51.8 Å². The molecule has 2 N–H and O–H groups in total. The Bertz CT molecular complexity index is 512. The van der Waals surface area contributed by atoms with E-state index in [-0.39, 0.29) is 18.0 Å². The van der Waals surface area contributed by atoms with E-state index in [1.54, 1.807) is 26.8 Å². The zero-order chi connectivity index (χ0) is 17.0. The SMILES string of the molecule is CC(Cc1ccccc1C(F)(F)F)NCCC(C)(C)C(=O)O. The van der Waals surface area contributed by atoms with E-state index >= 15 is 0 Å². The smallest absolute Gasteiger partial charge is 0.416 e. The van der Waals surface area contributed by atoms with Gasteiger partial charge in [-0.25, -0.2) is 0 Å². The number of carbonyl (C=O) groups is 1. The van der Waals surface area contributed by atoms with Gasteiger partial charge in [0.15, 0.2) is 0 Å². The fraction of sp³-hybridized carbons (Fsp3) is 0.562. The van der Waals surface area contributed by atoms with Crippen molar-refractivity contribution in [1.82, 2.24) is 5.32 Å². The summed E-state index contributed by atoms with van der Waals surface area (Å²) in [5.41, 5.74) is -1.22. The molecule has 0 amide bonds. The lowest BCUT2D eigenvalue weighted by atomic mass is 9.89. The van der Waals surface area contributed by atoms with Crippen LogP contribution in [0.2, 0.25) is 0 Å². The van der Waals surface area contributed by atoms with E-state index in [1.807, 2.05) is 0 Å². The summed E-state index contributed by atoms with van der Waals surface area (Å²) in [6.07, 6.45) is -3.71. The van der Waals surface area contributed by atoms with Gasteiger partial charge in [-0.3, -0.25) is 4.79 Å². The molecule has 1 aromatic carbocycles. The van der Waals surface area contributed by atoms with Crippen molar-refractivity contribution >= 4 is 5.97 Å². The molecule has 0 bridgehead atoms. The molecule has 22 heavy (non-hydrogen) atoms. The van der Waals surface area contributed by atoms with Crippen LogP contribution in [0.3, 0.4) is 0 Å². The maximum atomic E-state index is 12.9. The van der Waals surface area contributed by atoms with Gasteiger partial charge < -0.3 is 10.4 Å². The number of carboxylic acids is 1. The van der Waals surface area contributed by atoms with Gasteiger partial charge in [0.05, 0.1) is 11.0 Å². The summed E-state index contributed by atoms with van der Waals surface area (Å²) in [5, 5.41) is 12.1. The van der Waals surface area contributed by atoms with Crippen molar-refractivity contribution in [2.75, 3.05) is 6.54 Å². The summed E-state index contributed by atoms with van der Waals surface area (Å²) < 4.78 is 38.7. The first-order chi connectivity index (χ1) is 10.0. The van der Waals surface area contributed by atoms with Crippen LogP contribution in [0.4, 0.5) is 13.2 Å². The number of rotatable bonds is 7. The molecule has 0 aliphatic rings. The molecule has 3 nitrogen and oxygen atoms in total. The van der Waals surface area contributed by atoms with Gasteiger partial charge in [-0.15, -0.1) is 0 Å². The molecule has 0 saturated carbocycles. The second kappa shape index (κ2) is 7.13. The molecule has 124 valence electrons. The first-order valence-electron chi connectivity index (χ1n) is 7.16. The summed E-state index contributed by atoms with van der Waals surface area (Å²) >= 11 is 0. The summed E-state index contributed by atoms with van der Waals surface area (Å²) in [4.78, 5) is 11.0. The molecule has 1 aromatic rings. The lowest BCUT2D eigenvalue weighted by Gasteiger charge is -2.22. The lowest BCUT2D eigenvalue weighted by Crippen LogP contribution is -2.34. The molecule has 6 heteroatoms. The van der Waals surface area contributed by atoms with Crippen molar-refractivity contribution in [3.05, 3.63) is 35.4 Å². The average Bonchev–Trinajstić information content (AvgIpc) is 2.37. The van der Waals surface area contributed by atoms with Crippen LogP contribution in [0.5, 0.6) is 0 Å². The molecule has 0 saturated heterocycles. The highest BCUT2D eigenvalue weighted by molar-refractivity contribution is 5.73. The number of alkyl halides is 3. The van der Waals surface area contributed by atoms with Crippen molar-refractivity contribution in [2.24, 2.45) is 5.41 Å². The fourth-order valence-electron chi connectivity index (χ4n) is 2.11. The predicted molar refractivity (Wildman–Crippen MR) is 78.6 cm³/mol. The zero-order valence-electron chi connectivity index (χ0n) is 13.0. The fourth-order valence-corrected chi connectivity index (χ4v) is 2.11. The average molecular weight is 317 g/mol. The highest BCUT2D eigenvalue weighted by atomic mass is 19.4. The number of carboxylic acid groups (broad SMARTS) is 1. The molecule has 0 aliphatic carbocycles. The third-order valence-electron chi connectivity index (χ3n) is 3.67. The van der Waals surface area contributed by atoms with E-state index in [0.29, 0.717) is 13.0 Å². The van der Waals surface area contributed by atoms with Crippen molar-refractivity contribution in [1.29, 1.82) is 0 Å². The maximum absolute atomic E-state index is 12.9. The summed E-state index contributed by atoms with van der Waals surface area (Å²) in [6.45, 7) is 5.48. The minimum Gasteiger partial charge on any atom is -0.481 e. The largest absolute Gasteiger partial charge is 0.481 e. The molecule has 0 fully saturated rings. The first kappa shape index (κ1) is 18.5. The highest BCUT2D eigenvalue weighted by Crippen LogP contribution is 2.32. The van der Waals surface area contributed by atoms with Crippen LogP contribution in [-0.4, -0.2) is 23.7 Å². The topological polar surface area (TPSA) is 49.3 Å². The number of aliphatic carboxylic acids is 1. The Morgan fingerprint density at radius 1 is 1.27 bits per heavy atom. The van der Waals surface area contributed by atoms with E-state index in [9.17, 15) is 18.0 Å². The molecular formula is C16H22F3NO2. The third-order valence-corrected chi connectivity index (χ3v) is 3.67. The van der Waals surface area contributed by atoms with Gasteiger partial charge in [0, 0.05) is 6.04 Å². The Labute approximate surface area is 128 Å². The Kier molecular flexibility index (Phi) is 6.00. The highest BCUT2D eigenvalue weighted by Gasteiger charge is 2.33. The van der Waals surface area contributed by atoms with Gasteiger partial charge in [0.1, 0.15) is 0 Å². The van der Waals surface area contributed by atoms with E-state index in [4.69, 9.17) is 5.11 Å². The van der Waals surface area contributed by atoms with Crippen molar-refractivity contribution in [3.63, 3.8) is 0 Å². The molecule has 1 rings (SSSR count). The first-order valence-corrected chi connectivity index (χ1v) is 7.16. The second-order valence-electron chi connectivity index (χ2n) is 6.15. The minimum absolute atomic E-state index is 0.173. The minimum atomic E-state index is -4.36. The molecule has 0 aliphatic heterocycles. The van der Waals surface area contributed by atoms with Crippen LogP contribution in [0.15, 0.2) is 24.3 Å². The van der Waals surface area contributed by atoms with Crippen LogP contribution < -0.4 is 5.32 Å². The van der Waals surface area contributed by atoms with Gasteiger partial charge in [0.25, 0.3) is 0 Å². The van der Waals surface area contributed by atoms with Gasteiger partial charge in [0.2, 0.25) is 0 Å². The molecule has 1 unspecified atom stereocenters.